The molecule has 0 aromatic carbocycles. The first kappa shape index (κ1) is 12.0. The van der Waals surface area contributed by atoms with E-state index in [4.69, 9.17) is 0 Å². The maximum absolute atomic E-state index is 3.40. The second kappa shape index (κ2) is 5.77. The summed E-state index contributed by atoms with van der Waals surface area (Å²) in [7, 11) is 0. The highest BCUT2D eigenvalue weighted by atomic mass is 15.3. The fraction of sp³-hybridized carbons (Fsp3) is 0.833. The molecule has 92 valence electrons. The lowest BCUT2D eigenvalue weighted by atomic mass is 10.1. The van der Waals surface area contributed by atoms with Crippen LogP contribution in [0, 0.1) is 0 Å². The number of hydrogen-bond donors (Lipinski definition) is 2. The van der Waals surface area contributed by atoms with Crippen molar-refractivity contribution in [2.75, 3.05) is 46.1 Å². The van der Waals surface area contributed by atoms with Gasteiger partial charge in [-0.15, -0.1) is 0 Å². The smallest absolute Gasteiger partial charge is 0.0486 e. The lowest BCUT2D eigenvalue weighted by molar-refractivity contribution is 0.264. The molecule has 16 heavy (non-hydrogen) atoms. The number of nitrogens with one attached hydrogen (secondary N) is 2. The summed E-state index contributed by atoms with van der Waals surface area (Å²) in [5, 5.41) is 6.78. The zero-order valence-corrected chi connectivity index (χ0v) is 10.5. The first-order valence-corrected chi connectivity index (χ1v) is 6.34. The van der Waals surface area contributed by atoms with Crippen LogP contribution in [0.25, 0.3) is 0 Å². The van der Waals surface area contributed by atoms with Crippen LogP contribution in [0.2, 0.25) is 0 Å². The van der Waals surface area contributed by atoms with Gasteiger partial charge in [0.15, 0.2) is 0 Å². The molecule has 0 aromatic heterocycles. The van der Waals surface area contributed by atoms with Gasteiger partial charge in [-0.1, -0.05) is 6.08 Å². The van der Waals surface area contributed by atoms with Crippen molar-refractivity contribution in [2.24, 2.45) is 0 Å². The van der Waals surface area contributed by atoms with Crippen molar-refractivity contribution in [1.82, 2.24) is 20.4 Å². The van der Waals surface area contributed by atoms with E-state index in [1.54, 1.807) is 5.57 Å². The van der Waals surface area contributed by atoms with Gasteiger partial charge in [0, 0.05) is 52.1 Å². The van der Waals surface area contributed by atoms with Crippen LogP contribution < -0.4 is 10.6 Å². The molecule has 4 heteroatoms. The number of allylic oxidation sites excluding steroid dienone is 1. The molecule has 0 aliphatic carbocycles. The number of rotatable bonds is 4. The van der Waals surface area contributed by atoms with E-state index in [0.29, 0.717) is 6.04 Å². The standard InChI is InChI=1S/C12H24N4/c1-3-12(8-15-6-4-13-9-15)11(2)16-7-5-14-10-16/h3,11,13-14H,4-10H2,1-2H3. The van der Waals surface area contributed by atoms with Crippen LogP contribution in [0.1, 0.15) is 13.8 Å². The third-order valence-electron chi connectivity index (χ3n) is 3.69. The molecule has 0 amide bonds. The molecule has 0 saturated carbocycles. The fourth-order valence-electron chi connectivity index (χ4n) is 2.50. The SMILES string of the molecule is CC=C(CN1CCNC1)C(C)N1CCNC1. The second-order valence-electron chi connectivity index (χ2n) is 4.72. The van der Waals surface area contributed by atoms with Gasteiger partial charge in [0.25, 0.3) is 0 Å². The van der Waals surface area contributed by atoms with Crippen LogP contribution in [0.5, 0.6) is 0 Å². The summed E-state index contributed by atoms with van der Waals surface area (Å²) in [6, 6.07) is 0.570. The number of hydrogen-bond acceptors (Lipinski definition) is 4. The Labute approximate surface area is 98.7 Å². The molecule has 2 fully saturated rings. The Balaban J connectivity index is 1.88. The Morgan fingerprint density at radius 1 is 1.25 bits per heavy atom. The summed E-state index contributed by atoms with van der Waals surface area (Å²) in [6.45, 7) is 12.3. The van der Waals surface area contributed by atoms with Crippen LogP contribution in [0.4, 0.5) is 0 Å². The normalized spacial score (nSPS) is 26.5. The first-order chi connectivity index (χ1) is 7.81. The molecule has 2 aliphatic rings. The Morgan fingerprint density at radius 2 is 2.00 bits per heavy atom. The van der Waals surface area contributed by atoms with E-state index in [2.05, 4.69) is 40.4 Å². The largest absolute Gasteiger partial charge is 0.303 e. The minimum absolute atomic E-state index is 0.570. The second-order valence-corrected chi connectivity index (χ2v) is 4.72. The topological polar surface area (TPSA) is 30.5 Å². The lowest BCUT2D eigenvalue weighted by Crippen LogP contribution is -2.37. The molecule has 0 aromatic rings. The van der Waals surface area contributed by atoms with Gasteiger partial charge >= 0.3 is 0 Å². The number of nitrogens with zero attached hydrogens (tertiary/aromatic N) is 2. The van der Waals surface area contributed by atoms with Crippen molar-refractivity contribution in [1.29, 1.82) is 0 Å². The Hall–Kier alpha value is -0.420. The predicted octanol–water partition coefficient (Wildman–Crippen LogP) is 0.0466. The maximum atomic E-state index is 3.40. The highest BCUT2D eigenvalue weighted by molar-refractivity contribution is 5.12. The molecule has 4 nitrogen and oxygen atoms in total. The van der Waals surface area contributed by atoms with Gasteiger partial charge in [-0.2, -0.15) is 0 Å². The highest BCUT2D eigenvalue weighted by Crippen LogP contribution is 2.13. The molecule has 2 rings (SSSR count). The molecule has 2 N–H and O–H groups in total. The van der Waals surface area contributed by atoms with Gasteiger partial charge < -0.3 is 10.6 Å². The predicted molar refractivity (Wildman–Crippen MR) is 67.2 cm³/mol. The van der Waals surface area contributed by atoms with Crippen molar-refractivity contribution in [2.45, 2.75) is 19.9 Å². The molecule has 2 heterocycles. The molecule has 2 aliphatic heterocycles. The average molecular weight is 224 g/mol. The zero-order valence-electron chi connectivity index (χ0n) is 10.5. The lowest BCUT2D eigenvalue weighted by Gasteiger charge is -2.28. The van der Waals surface area contributed by atoms with E-state index in [-0.39, 0.29) is 0 Å². The summed E-state index contributed by atoms with van der Waals surface area (Å²) in [5.41, 5.74) is 1.55. The van der Waals surface area contributed by atoms with E-state index >= 15 is 0 Å². The van der Waals surface area contributed by atoms with Gasteiger partial charge in [0.1, 0.15) is 0 Å². The molecule has 1 atom stereocenters. The third kappa shape index (κ3) is 2.83. The van der Waals surface area contributed by atoms with E-state index < -0.39 is 0 Å². The van der Waals surface area contributed by atoms with Crippen molar-refractivity contribution in [3.63, 3.8) is 0 Å². The van der Waals surface area contributed by atoms with Crippen molar-refractivity contribution < 1.29 is 0 Å². The third-order valence-corrected chi connectivity index (χ3v) is 3.69. The molecular formula is C12H24N4. The summed E-state index contributed by atoms with van der Waals surface area (Å²) in [4.78, 5) is 4.99. The molecular weight excluding hydrogens is 200 g/mol. The van der Waals surface area contributed by atoms with Gasteiger partial charge in [0.05, 0.1) is 0 Å². The van der Waals surface area contributed by atoms with Gasteiger partial charge in [-0.05, 0) is 19.4 Å². The van der Waals surface area contributed by atoms with E-state index in [1.807, 2.05) is 0 Å². The van der Waals surface area contributed by atoms with Crippen LogP contribution in [0.15, 0.2) is 11.6 Å². The van der Waals surface area contributed by atoms with Crippen LogP contribution in [0.3, 0.4) is 0 Å². The first-order valence-electron chi connectivity index (χ1n) is 6.34. The summed E-state index contributed by atoms with van der Waals surface area (Å²) < 4.78 is 0. The minimum atomic E-state index is 0.570. The zero-order chi connectivity index (χ0) is 11.4. The maximum Gasteiger partial charge on any atom is 0.0486 e. The summed E-state index contributed by atoms with van der Waals surface area (Å²) in [6.07, 6.45) is 2.29. The van der Waals surface area contributed by atoms with Crippen molar-refractivity contribution in [3.8, 4) is 0 Å². The summed E-state index contributed by atoms with van der Waals surface area (Å²) >= 11 is 0. The van der Waals surface area contributed by atoms with Crippen molar-refractivity contribution in [3.05, 3.63) is 11.6 Å². The Kier molecular flexibility index (Phi) is 4.35. The van der Waals surface area contributed by atoms with E-state index in [1.165, 1.54) is 13.1 Å². The van der Waals surface area contributed by atoms with Gasteiger partial charge in [-0.25, -0.2) is 0 Å². The van der Waals surface area contributed by atoms with Gasteiger partial charge in [0.2, 0.25) is 0 Å². The van der Waals surface area contributed by atoms with Crippen LogP contribution in [-0.2, 0) is 0 Å². The fourth-order valence-corrected chi connectivity index (χ4v) is 2.50. The Morgan fingerprint density at radius 3 is 2.56 bits per heavy atom. The highest BCUT2D eigenvalue weighted by Gasteiger charge is 2.22. The molecule has 1 unspecified atom stereocenters. The van der Waals surface area contributed by atoms with Crippen LogP contribution in [-0.4, -0.2) is 61.9 Å². The molecule has 0 radical (unpaired) electrons. The molecule has 0 bridgehead atoms. The minimum Gasteiger partial charge on any atom is -0.303 e. The Bertz CT molecular complexity index is 239. The van der Waals surface area contributed by atoms with Crippen molar-refractivity contribution >= 4 is 0 Å². The summed E-state index contributed by atoms with van der Waals surface area (Å²) in [5.74, 6) is 0. The van der Waals surface area contributed by atoms with E-state index in [9.17, 15) is 0 Å². The quantitative estimate of drug-likeness (QED) is 0.661. The monoisotopic (exact) mass is 224 g/mol. The average Bonchev–Trinajstić information content (AvgIpc) is 2.97. The molecule has 0 spiro atoms. The van der Waals surface area contributed by atoms with Crippen LogP contribution >= 0.6 is 0 Å². The van der Waals surface area contributed by atoms with Gasteiger partial charge in [-0.3, -0.25) is 9.80 Å². The molecule has 2 saturated heterocycles. The van der Waals surface area contributed by atoms with E-state index in [0.717, 1.165) is 33.0 Å².